The Morgan fingerprint density at radius 2 is 1.97 bits per heavy atom. The molecule has 2 atom stereocenters. The van der Waals surface area contributed by atoms with Crippen LogP contribution in [-0.2, 0) is 11.3 Å². The highest BCUT2D eigenvalue weighted by Crippen LogP contribution is 2.38. The topological polar surface area (TPSA) is 76.4 Å². The van der Waals surface area contributed by atoms with Gasteiger partial charge in [-0.2, -0.15) is 18.4 Å². The lowest BCUT2D eigenvalue weighted by Crippen LogP contribution is -2.54. The summed E-state index contributed by atoms with van der Waals surface area (Å²) in [4.78, 5) is 27.4. The van der Waals surface area contributed by atoms with Gasteiger partial charge in [0.25, 0.3) is 5.91 Å². The number of carbonyl (C=O) groups is 2. The molecule has 1 aliphatic heterocycles. The number of carbonyl (C=O) groups excluding carboxylic acids is 2. The van der Waals surface area contributed by atoms with Gasteiger partial charge in [-0.3, -0.25) is 9.69 Å². The smallest absolute Gasteiger partial charge is 0.323 e. The van der Waals surface area contributed by atoms with Crippen LogP contribution in [0.5, 0.6) is 0 Å². The standard InChI is InChI=1S/C20H23F3N4O2/c1-14-4-2-3-9-19(14)17(28)27(18(29)25-19)13-26(12-20(21,22)23)11-16-7-5-15(10-24)6-8-16/h5-8,14H,2-4,9,11-13H2,1H3,(H,25,29)/t14-,19+/m1/s1. The average molecular weight is 408 g/mol. The quantitative estimate of drug-likeness (QED) is 0.758. The number of rotatable bonds is 5. The maximum Gasteiger partial charge on any atom is 0.401 e. The maximum absolute atomic E-state index is 13.1. The number of hydrogen-bond donors (Lipinski definition) is 1. The van der Waals surface area contributed by atoms with Crippen LogP contribution >= 0.6 is 0 Å². The second kappa shape index (κ2) is 8.03. The number of hydrogen-bond acceptors (Lipinski definition) is 4. The van der Waals surface area contributed by atoms with Crippen molar-refractivity contribution >= 4 is 11.9 Å². The summed E-state index contributed by atoms with van der Waals surface area (Å²) in [5, 5.41) is 11.6. The number of urea groups is 1. The van der Waals surface area contributed by atoms with Gasteiger partial charge in [0.1, 0.15) is 5.54 Å². The minimum Gasteiger partial charge on any atom is -0.323 e. The Balaban J connectivity index is 1.78. The van der Waals surface area contributed by atoms with Gasteiger partial charge in [0, 0.05) is 6.54 Å². The predicted molar refractivity (Wildman–Crippen MR) is 98.2 cm³/mol. The van der Waals surface area contributed by atoms with Crippen molar-refractivity contribution in [2.75, 3.05) is 13.2 Å². The van der Waals surface area contributed by atoms with Gasteiger partial charge in [-0.1, -0.05) is 31.9 Å². The van der Waals surface area contributed by atoms with Gasteiger partial charge in [-0.25, -0.2) is 9.69 Å². The molecule has 2 fully saturated rings. The first-order chi connectivity index (χ1) is 13.6. The summed E-state index contributed by atoms with van der Waals surface area (Å²) in [5.41, 5.74) is -0.0484. The van der Waals surface area contributed by atoms with Crippen molar-refractivity contribution in [1.29, 1.82) is 5.26 Å². The van der Waals surface area contributed by atoms with Crippen LogP contribution in [-0.4, -0.2) is 46.7 Å². The van der Waals surface area contributed by atoms with E-state index < -0.39 is 36.9 Å². The summed E-state index contributed by atoms with van der Waals surface area (Å²) in [6.45, 7) is 0.0845. The molecule has 1 aromatic carbocycles. The third-order valence-corrected chi connectivity index (χ3v) is 5.73. The third-order valence-electron chi connectivity index (χ3n) is 5.73. The van der Waals surface area contributed by atoms with E-state index in [1.807, 2.05) is 13.0 Å². The number of nitriles is 1. The molecule has 1 saturated heterocycles. The summed E-state index contributed by atoms with van der Waals surface area (Å²) in [6, 6.07) is 7.49. The first kappa shape index (κ1) is 21.1. The molecule has 9 heteroatoms. The SMILES string of the molecule is C[C@@H]1CCCC[C@]12NC(=O)N(CN(Cc1ccc(C#N)cc1)CC(F)(F)F)C2=O. The second-order valence-electron chi connectivity index (χ2n) is 7.83. The van der Waals surface area contributed by atoms with Gasteiger partial charge in [0.05, 0.1) is 24.8 Å². The fourth-order valence-electron chi connectivity index (χ4n) is 4.18. The third kappa shape index (κ3) is 4.53. The molecule has 3 rings (SSSR count). The molecule has 1 spiro atoms. The Morgan fingerprint density at radius 3 is 2.55 bits per heavy atom. The maximum atomic E-state index is 13.1. The first-order valence-corrected chi connectivity index (χ1v) is 9.57. The molecule has 1 saturated carbocycles. The van der Waals surface area contributed by atoms with Gasteiger partial charge in [-0.15, -0.1) is 0 Å². The largest absolute Gasteiger partial charge is 0.401 e. The highest BCUT2D eigenvalue weighted by molar-refractivity contribution is 6.07. The molecule has 0 bridgehead atoms. The van der Waals surface area contributed by atoms with Crippen LogP contribution in [0.15, 0.2) is 24.3 Å². The van der Waals surface area contributed by atoms with E-state index >= 15 is 0 Å². The molecule has 1 heterocycles. The fourth-order valence-corrected chi connectivity index (χ4v) is 4.18. The van der Waals surface area contributed by atoms with Gasteiger partial charge in [-0.05, 0) is 36.5 Å². The van der Waals surface area contributed by atoms with Crippen molar-refractivity contribution in [3.8, 4) is 6.07 Å². The molecule has 1 aliphatic carbocycles. The Labute approximate surface area is 167 Å². The van der Waals surface area contributed by atoms with E-state index in [9.17, 15) is 22.8 Å². The molecular formula is C20H23F3N4O2. The van der Waals surface area contributed by atoms with Crippen molar-refractivity contribution in [3.05, 3.63) is 35.4 Å². The normalized spacial score (nSPS) is 24.8. The number of nitrogens with one attached hydrogen (secondary N) is 1. The van der Waals surface area contributed by atoms with Gasteiger partial charge in [0.15, 0.2) is 0 Å². The molecule has 6 nitrogen and oxygen atoms in total. The van der Waals surface area contributed by atoms with Crippen LogP contribution < -0.4 is 5.32 Å². The van der Waals surface area contributed by atoms with Crippen LogP contribution in [0.1, 0.15) is 43.7 Å². The molecule has 156 valence electrons. The van der Waals surface area contributed by atoms with Crippen molar-refractivity contribution in [3.63, 3.8) is 0 Å². The van der Waals surface area contributed by atoms with Crippen LogP contribution in [0.4, 0.5) is 18.0 Å². The highest BCUT2D eigenvalue weighted by atomic mass is 19.4. The van der Waals surface area contributed by atoms with Crippen molar-refractivity contribution in [1.82, 2.24) is 15.1 Å². The van der Waals surface area contributed by atoms with Crippen molar-refractivity contribution in [2.45, 2.75) is 50.9 Å². The number of amides is 3. The first-order valence-electron chi connectivity index (χ1n) is 9.57. The average Bonchev–Trinajstić information content (AvgIpc) is 2.88. The molecule has 0 radical (unpaired) electrons. The lowest BCUT2D eigenvalue weighted by molar-refractivity contribution is -0.154. The number of benzene rings is 1. The molecule has 0 unspecified atom stereocenters. The molecule has 29 heavy (non-hydrogen) atoms. The summed E-state index contributed by atoms with van der Waals surface area (Å²) in [5.74, 6) is -0.506. The zero-order chi connectivity index (χ0) is 21.2. The molecule has 0 aromatic heterocycles. The van der Waals surface area contributed by atoms with Crippen LogP contribution in [0, 0.1) is 17.2 Å². The summed E-state index contributed by atoms with van der Waals surface area (Å²) < 4.78 is 39.4. The fraction of sp³-hybridized carbons (Fsp3) is 0.550. The molecule has 1 aromatic rings. The van der Waals surface area contributed by atoms with E-state index in [2.05, 4.69) is 5.32 Å². The number of imide groups is 1. The number of alkyl halides is 3. The number of halogens is 3. The van der Waals surface area contributed by atoms with Gasteiger partial charge < -0.3 is 5.32 Å². The lowest BCUT2D eigenvalue weighted by Gasteiger charge is -2.37. The van der Waals surface area contributed by atoms with E-state index in [0.29, 0.717) is 17.5 Å². The summed E-state index contributed by atoms with van der Waals surface area (Å²) in [7, 11) is 0. The Morgan fingerprint density at radius 1 is 1.28 bits per heavy atom. The minimum atomic E-state index is -4.48. The van der Waals surface area contributed by atoms with Crippen molar-refractivity contribution in [2.24, 2.45) is 5.92 Å². The van der Waals surface area contributed by atoms with Gasteiger partial charge >= 0.3 is 12.2 Å². The van der Waals surface area contributed by atoms with E-state index in [4.69, 9.17) is 5.26 Å². The second-order valence-corrected chi connectivity index (χ2v) is 7.83. The van der Waals surface area contributed by atoms with Gasteiger partial charge in [0.2, 0.25) is 0 Å². The predicted octanol–water partition coefficient (Wildman–Crippen LogP) is 3.38. The summed E-state index contributed by atoms with van der Waals surface area (Å²) in [6.07, 6.45) is -1.43. The van der Waals surface area contributed by atoms with E-state index in [1.54, 1.807) is 12.1 Å². The van der Waals surface area contributed by atoms with E-state index in [-0.39, 0.29) is 12.5 Å². The molecule has 3 amide bonds. The Kier molecular flexibility index (Phi) is 5.85. The van der Waals surface area contributed by atoms with Crippen LogP contribution in [0.25, 0.3) is 0 Å². The Hall–Kier alpha value is -2.60. The van der Waals surface area contributed by atoms with Crippen LogP contribution in [0.2, 0.25) is 0 Å². The van der Waals surface area contributed by atoms with E-state index in [1.165, 1.54) is 12.1 Å². The lowest BCUT2D eigenvalue weighted by atomic mass is 9.73. The molecule has 1 N–H and O–H groups in total. The zero-order valence-corrected chi connectivity index (χ0v) is 16.1. The molecular weight excluding hydrogens is 385 g/mol. The van der Waals surface area contributed by atoms with Crippen LogP contribution in [0.3, 0.4) is 0 Å². The Bertz CT molecular complexity index is 819. The van der Waals surface area contributed by atoms with E-state index in [0.717, 1.165) is 29.1 Å². The highest BCUT2D eigenvalue weighted by Gasteiger charge is 2.55. The molecule has 2 aliphatic rings. The monoisotopic (exact) mass is 408 g/mol. The minimum absolute atomic E-state index is 0.0627. The summed E-state index contributed by atoms with van der Waals surface area (Å²) >= 11 is 0. The number of nitrogens with zero attached hydrogens (tertiary/aromatic N) is 3. The van der Waals surface area contributed by atoms with Crippen molar-refractivity contribution < 1.29 is 22.8 Å². The zero-order valence-electron chi connectivity index (χ0n) is 16.1.